The third-order valence-electron chi connectivity index (χ3n) is 2.99. The molecule has 0 aliphatic carbocycles. The van der Waals surface area contributed by atoms with Crippen LogP contribution in [0, 0.1) is 6.92 Å². The fourth-order valence-corrected chi connectivity index (χ4v) is 2.21. The fourth-order valence-electron chi connectivity index (χ4n) is 2.05. The average molecular weight is 275 g/mol. The van der Waals surface area contributed by atoms with Crippen molar-refractivity contribution in [3.63, 3.8) is 0 Å². The van der Waals surface area contributed by atoms with Gasteiger partial charge in [-0.25, -0.2) is 0 Å². The van der Waals surface area contributed by atoms with Gasteiger partial charge in [-0.2, -0.15) is 0 Å². The van der Waals surface area contributed by atoms with Crippen LogP contribution in [0.5, 0.6) is 5.75 Å². The predicted molar refractivity (Wildman–Crippen MR) is 81.9 cm³/mol. The minimum absolute atomic E-state index is 0.201. The maximum absolute atomic E-state index is 5.90. The maximum atomic E-state index is 5.90. The molecule has 19 heavy (non-hydrogen) atoms. The molecule has 0 amide bonds. The second-order valence-corrected chi connectivity index (χ2v) is 5.24. The summed E-state index contributed by atoms with van der Waals surface area (Å²) in [6.45, 7) is 6.18. The molecule has 0 bridgehead atoms. The molecule has 0 heterocycles. The number of aryl methyl sites for hydroxylation is 1. The summed E-state index contributed by atoms with van der Waals surface area (Å²) in [6, 6.07) is 14.6. The van der Waals surface area contributed by atoms with Crippen LogP contribution in [-0.2, 0) is 5.88 Å². The summed E-state index contributed by atoms with van der Waals surface area (Å²) < 4.78 is 5.66. The van der Waals surface area contributed by atoms with Crippen molar-refractivity contribution in [1.29, 1.82) is 0 Å². The lowest BCUT2D eigenvalue weighted by Gasteiger charge is -2.12. The van der Waals surface area contributed by atoms with Gasteiger partial charge < -0.3 is 4.74 Å². The van der Waals surface area contributed by atoms with Gasteiger partial charge in [0, 0.05) is 5.88 Å². The topological polar surface area (TPSA) is 9.23 Å². The van der Waals surface area contributed by atoms with E-state index >= 15 is 0 Å². The summed E-state index contributed by atoms with van der Waals surface area (Å²) in [4.78, 5) is 0. The molecule has 0 radical (unpaired) electrons. The molecule has 0 fully saturated rings. The standard InChI is InChI=1S/C17H19ClO/c1-12(2)19-16-8-6-15(7-9-16)17-10-14(11-18)5-4-13(17)3/h4-10,12H,11H2,1-3H3. The molecule has 2 aromatic rings. The van der Waals surface area contributed by atoms with E-state index < -0.39 is 0 Å². The van der Waals surface area contributed by atoms with Crippen LogP contribution < -0.4 is 4.74 Å². The van der Waals surface area contributed by atoms with Gasteiger partial charge in [-0.3, -0.25) is 0 Å². The van der Waals surface area contributed by atoms with E-state index in [1.807, 2.05) is 26.0 Å². The van der Waals surface area contributed by atoms with Crippen molar-refractivity contribution in [2.75, 3.05) is 0 Å². The summed E-state index contributed by atoms with van der Waals surface area (Å²) in [5.74, 6) is 1.45. The van der Waals surface area contributed by atoms with E-state index in [-0.39, 0.29) is 6.10 Å². The van der Waals surface area contributed by atoms with Gasteiger partial charge >= 0.3 is 0 Å². The van der Waals surface area contributed by atoms with E-state index in [1.54, 1.807) is 0 Å². The minimum Gasteiger partial charge on any atom is -0.491 e. The summed E-state index contributed by atoms with van der Waals surface area (Å²) >= 11 is 5.90. The van der Waals surface area contributed by atoms with Crippen LogP contribution in [0.1, 0.15) is 25.0 Å². The van der Waals surface area contributed by atoms with E-state index in [0.29, 0.717) is 5.88 Å². The van der Waals surface area contributed by atoms with Gasteiger partial charge in [-0.05, 0) is 61.2 Å². The first-order chi connectivity index (χ1) is 9.10. The van der Waals surface area contributed by atoms with Crippen LogP contribution in [0.25, 0.3) is 11.1 Å². The van der Waals surface area contributed by atoms with Gasteiger partial charge in [-0.15, -0.1) is 11.6 Å². The monoisotopic (exact) mass is 274 g/mol. The van der Waals surface area contributed by atoms with Crippen molar-refractivity contribution in [2.45, 2.75) is 32.8 Å². The van der Waals surface area contributed by atoms with Crippen LogP contribution in [0.15, 0.2) is 42.5 Å². The van der Waals surface area contributed by atoms with Gasteiger partial charge in [0.1, 0.15) is 5.75 Å². The lowest BCUT2D eigenvalue weighted by atomic mass is 9.98. The second-order valence-electron chi connectivity index (χ2n) is 4.97. The highest BCUT2D eigenvalue weighted by atomic mass is 35.5. The van der Waals surface area contributed by atoms with Crippen molar-refractivity contribution in [1.82, 2.24) is 0 Å². The summed E-state index contributed by atoms with van der Waals surface area (Å²) in [5, 5.41) is 0. The third-order valence-corrected chi connectivity index (χ3v) is 3.30. The highest BCUT2D eigenvalue weighted by molar-refractivity contribution is 6.17. The van der Waals surface area contributed by atoms with Crippen molar-refractivity contribution >= 4 is 11.6 Å². The van der Waals surface area contributed by atoms with Crippen LogP contribution in [-0.4, -0.2) is 6.10 Å². The number of hydrogen-bond acceptors (Lipinski definition) is 1. The summed E-state index contributed by atoms with van der Waals surface area (Å²) in [6.07, 6.45) is 0.201. The van der Waals surface area contributed by atoms with Gasteiger partial charge in [-0.1, -0.05) is 24.3 Å². The average Bonchev–Trinajstić information content (AvgIpc) is 2.40. The summed E-state index contributed by atoms with van der Waals surface area (Å²) in [5.41, 5.74) is 4.82. The molecular weight excluding hydrogens is 256 g/mol. The van der Waals surface area contributed by atoms with E-state index in [1.165, 1.54) is 16.7 Å². The van der Waals surface area contributed by atoms with E-state index in [4.69, 9.17) is 16.3 Å². The maximum Gasteiger partial charge on any atom is 0.119 e. The van der Waals surface area contributed by atoms with E-state index in [2.05, 4.69) is 37.3 Å². The number of halogens is 1. The zero-order chi connectivity index (χ0) is 13.8. The number of hydrogen-bond donors (Lipinski definition) is 0. The Kier molecular flexibility index (Phi) is 4.49. The largest absolute Gasteiger partial charge is 0.491 e. The third kappa shape index (κ3) is 3.51. The fraction of sp³-hybridized carbons (Fsp3) is 0.294. The molecule has 0 saturated carbocycles. The molecule has 2 heteroatoms. The van der Waals surface area contributed by atoms with Gasteiger partial charge in [0.25, 0.3) is 0 Å². The first-order valence-corrected chi connectivity index (χ1v) is 7.06. The molecule has 2 aromatic carbocycles. The van der Waals surface area contributed by atoms with Crippen LogP contribution in [0.2, 0.25) is 0 Å². The van der Waals surface area contributed by atoms with Crippen LogP contribution >= 0.6 is 11.6 Å². The molecule has 100 valence electrons. The molecule has 0 aliphatic heterocycles. The smallest absolute Gasteiger partial charge is 0.119 e. The Morgan fingerprint density at radius 2 is 1.74 bits per heavy atom. The Morgan fingerprint density at radius 1 is 1.05 bits per heavy atom. The molecule has 0 unspecified atom stereocenters. The quantitative estimate of drug-likeness (QED) is 0.697. The number of ether oxygens (including phenoxy) is 1. The first kappa shape index (κ1) is 14.0. The number of alkyl halides is 1. The van der Waals surface area contributed by atoms with Crippen LogP contribution in [0.3, 0.4) is 0 Å². The predicted octanol–water partition coefficient (Wildman–Crippen LogP) is 5.19. The van der Waals surface area contributed by atoms with Gasteiger partial charge in [0.2, 0.25) is 0 Å². The number of benzene rings is 2. The molecule has 1 nitrogen and oxygen atoms in total. The van der Waals surface area contributed by atoms with E-state index in [0.717, 1.165) is 11.3 Å². The Morgan fingerprint density at radius 3 is 2.32 bits per heavy atom. The molecular formula is C17H19ClO. The molecule has 2 rings (SSSR count). The molecule has 0 spiro atoms. The van der Waals surface area contributed by atoms with Crippen LogP contribution in [0.4, 0.5) is 0 Å². The zero-order valence-electron chi connectivity index (χ0n) is 11.6. The zero-order valence-corrected chi connectivity index (χ0v) is 12.4. The first-order valence-electron chi connectivity index (χ1n) is 6.52. The Hall–Kier alpha value is -1.47. The Bertz CT molecular complexity index is 544. The second kappa shape index (κ2) is 6.12. The van der Waals surface area contributed by atoms with Gasteiger partial charge in [0.15, 0.2) is 0 Å². The molecule has 0 N–H and O–H groups in total. The highest BCUT2D eigenvalue weighted by Gasteiger charge is 2.04. The lowest BCUT2D eigenvalue weighted by Crippen LogP contribution is -2.05. The van der Waals surface area contributed by atoms with E-state index in [9.17, 15) is 0 Å². The molecule has 0 aromatic heterocycles. The Labute approximate surface area is 120 Å². The van der Waals surface area contributed by atoms with Crippen molar-refractivity contribution < 1.29 is 4.74 Å². The van der Waals surface area contributed by atoms with Crippen molar-refractivity contribution in [2.24, 2.45) is 0 Å². The Balaban J connectivity index is 2.31. The minimum atomic E-state index is 0.201. The molecule has 0 atom stereocenters. The SMILES string of the molecule is Cc1ccc(CCl)cc1-c1ccc(OC(C)C)cc1. The normalized spacial score (nSPS) is 10.8. The summed E-state index contributed by atoms with van der Waals surface area (Å²) in [7, 11) is 0. The molecule has 0 aliphatic rings. The highest BCUT2D eigenvalue weighted by Crippen LogP contribution is 2.27. The lowest BCUT2D eigenvalue weighted by molar-refractivity contribution is 0.242. The van der Waals surface area contributed by atoms with Gasteiger partial charge in [0.05, 0.1) is 6.10 Å². The number of rotatable bonds is 4. The van der Waals surface area contributed by atoms with Crippen molar-refractivity contribution in [3.8, 4) is 16.9 Å². The van der Waals surface area contributed by atoms with Crippen molar-refractivity contribution in [3.05, 3.63) is 53.6 Å². The molecule has 0 saturated heterocycles.